The van der Waals surface area contributed by atoms with Gasteiger partial charge in [-0.15, -0.1) is 0 Å². The summed E-state index contributed by atoms with van der Waals surface area (Å²) in [4.78, 5) is 23.3. The zero-order chi connectivity index (χ0) is 15.9. The van der Waals surface area contributed by atoms with Crippen molar-refractivity contribution in [2.24, 2.45) is 0 Å². The van der Waals surface area contributed by atoms with Crippen molar-refractivity contribution in [3.8, 4) is 5.75 Å². The Morgan fingerprint density at radius 1 is 1.14 bits per heavy atom. The maximum absolute atomic E-state index is 11.9. The highest BCUT2D eigenvalue weighted by atomic mass is 16.5. The molecule has 1 rings (SSSR count). The Kier molecular flexibility index (Phi) is 6.02. The second-order valence-corrected chi connectivity index (χ2v) is 4.63. The van der Waals surface area contributed by atoms with E-state index in [2.05, 4.69) is 10.6 Å². The molecule has 0 atom stereocenters. The first-order valence-electron chi connectivity index (χ1n) is 7.02. The number of amides is 2. The van der Waals surface area contributed by atoms with E-state index in [-0.39, 0.29) is 0 Å². The number of carboxylic acid groups (broad SMARTS) is 1. The molecule has 0 unspecified atom stereocenters. The summed E-state index contributed by atoms with van der Waals surface area (Å²) in [6.45, 7) is 5.92. The van der Waals surface area contributed by atoms with Crippen LogP contribution in [0, 0.1) is 0 Å². The van der Waals surface area contributed by atoms with Crippen LogP contribution in [0.25, 0.3) is 0 Å². The molecule has 0 spiro atoms. The zero-order valence-electron chi connectivity index (χ0n) is 12.6. The molecule has 116 valence electrons. The highest BCUT2D eigenvalue weighted by molar-refractivity contribution is 5.93. The predicted molar refractivity (Wildman–Crippen MR) is 80.7 cm³/mol. The normalized spacial score (nSPS) is 10.8. The topological polar surface area (TPSA) is 87.7 Å². The third kappa shape index (κ3) is 4.37. The summed E-state index contributed by atoms with van der Waals surface area (Å²) < 4.78 is 5.31. The van der Waals surface area contributed by atoms with Crippen LogP contribution in [0.5, 0.6) is 5.75 Å². The van der Waals surface area contributed by atoms with Crippen molar-refractivity contribution >= 4 is 17.7 Å². The summed E-state index contributed by atoms with van der Waals surface area (Å²) in [5, 5.41) is 14.4. The van der Waals surface area contributed by atoms with Gasteiger partial charge in [0.05, 0.1) is 6.61 Å². The Morgan fingerprint density at radius 3 is 2.14 bits per heavy atom. The fourth-order valence-corrected chi connectivity index (χ4v) is 1.96. The number of urea groups is 1. The third-order valence-electron chi connectivity index (χ3n) is 3.39. The van der Waals surface area contributed by atoms with Gasteiger partial charge in [0.15, 0.2) is 0 Å². The van der Waals surface area contributed by atoms with E-state index in [0.29, 0.717) is 30.9 Å². The minimum absolute atomic E-state index is 0.315. The first-order valence-corrected chi connectivity index (χ1v) is 7.02. The lowest BCUT2D eigenvalue weighted by molar-refractivity contribution is -0.144. The summed E-state index contributed by atoms with van der Waals surface area (Å²) >= 11 is 0. The van der Waals surface area contributed by atoms with E-state index in [1.54, 1.807) is 38.1 Å². The molecule has 1 aromatic carbocycles. The largest absolute Gasteiger partial charge is 0.494 e. The van der Waals surface area contributed by atoms with Crippen LogP contribution in [0.2, 0.25) is 0 Å². The van der Waals surface area contributed by atoms with Crippen molar-refractivity contribution < 1.29 is 19.4 Å². The maximum atomic E-state index is 11.9. The van der Waals surface area contributed by atoms with E-state index in [4.69, 9.17) is 4.74 Å². The molecule has 0 fully saturated rings. The smallest absolute Gasteiger partial charge is 0.329 e. The van der Waals surface area contributed by atoms with Crippen molar-refractivity contribution in [2.45, 2.75) is 39.2 Å². The molecule has 21 heavy (non-hydrogen) atoms. The van der Waals surface area contributed by atoms with E-state index in [1.807, 2.05) is 6.92 Å². The monoisotopic (exact) mass is 294 g/mol. The zero-order valence-corrected chi connectivity index (χ0v) is 12.6. The number of hydrogen-bond acceptors (Lipinski definition) is 3. The Morgan fingerprint density at radius 2 is 1.71 bits per heavy atom. The molecule has 0 saturated carbocycles. The van der Waals surface area contributed by atoms with Gasteiger partial charge in [-0.25, -0.2) is 9.59 Å². The van der Waals surface area contributed by atoms with Crippen LogP contribution in [0.4, 0.5) is 10.5 Å². The molecule has 0 aliphatic heterocycles. The van der Waals surface area contributed by atoms with E-state index in [1.165, 1.54) is 0 Å². The molecule has 0 aliphatic rings. The third-order valence-corrected chi connectivity index (χ3v) is 3.39. The molecule has 3 N–H and O–H groups in total. The van der Waals surface area contributed by atoms with Crippen molar-refractivity contribution in [3.63, 3.8) is 0 Å². The second-order valence-electron chi connectivity index (χ2n) is 4.63. The van der Waals surface area contributed by atoms with Crippen LogP contribution in [-0.4, -0.2) is 29.3 Å². The quantitative estimate of drug-likeness (QED) is 0.721. The van der Waals surface area contributed by atoms with E-state index in [0.717, 1.165) is 0 Å². The van der Waals surface area contributed by atoms with Crippen molar-refractivity contribution in [3.05, 3.63) is 24.3 Å². The van der Waals surface area contributed by atoms with Crippen LogP contribution in [-0.2, 0) is 4.79 Å². The minimum Gasteiger partial charge on any atom is -0.494 e. The van der Waals surface area contributed by atoms with Gasteiger partial charge in [0, 0.05) is 5.69 Å². The van der Waals surface area contributed by atoms with Gasteiger partial charge in [-0.3, -0.25) is 0 Å². The van der Waals surface area contributed by atoms with Gasteiger partial charge in [-0.1, -0.05) is 13.8 Å². The molecule has 1 aromatic rings. The molecule has 0 aliphatic carbocycles. The van der Waals surface area contributed by atoms with Crippen molar-refractivity contribution in [2.75, 3.05) is 11.9 Å². The SMILES string of the molecule is CCOc1ccc(NC(=O)NC(CC)(CC)C(=O)O)cc1. The van der Waals surface area contributed by atoms with Gasteiger partial charge < -0.3 is 20.5 Å². The standard InChI is InChI=1S/C15H22N2O4/c1-4-15(5-2,13(18)19)17-14(20)16-11-7-9-12(10-8-11)21-6-3/h7-10H,4-6H2,1-3H3,(H,18,19)(H2,16,17,20). The van der Waals surface area contributed by atoms with Crippen LogP contribution in [0.3, 0.4) is 0 Å². The predicted octanol–water partition coefficient (Wildman–Crippen LogP) is 2.85. The number of aliphatic carboxylic acids is 1. The van der Waals surface area contributed by atoms with Gasteiger partial charge in [-0.05, 0) is 44.0 Å². The second kappa shape index (κ2) is 7.52. The van der Waals surface area contributed by atoms with Crippen LogP contribution >= 0.6 is 0 Å². The number of rotatable bonds is 7. The summed E-state index contributed by atoms with van der Waals surface area (Å²) in [5.74, 6) is -0.320. The fraction of sp³-hybridized carbons (Fsp3) is 0.467. The van der Waals surface area contributed by atoms with Crippen molar-refractivity contribution in [1.29, 1.82) is 0 Å². The Hall–Kier alpha value is -2.24. The summed E-state index contributed by atoms with van der Waals surface area (Å²) in [5.41, 5.74) is -0.669. The molecule has 0 aromatic heterocycles. The van der Waals surface area contributed by atoms with E-state index >= 15 is 0 Å². The Bertz CT molecular complexity index is 481. The van der Waals surface area contributed by atoms with Gasteiger partial charge in [0.25, 0.3) is 0 Å². The molecule has 0 radical (unpaired) electrons. The summed E-state index contributed by atoms with van der Waals surface area (Å²) in [6.07, 6.45) is 0.630. The lowest BCUT2D eigenvalue weighted by Crippen LogP contribution is -2.54. The number of benzene rings is 1. The number of carbonyl (C=O) groups excluding carboxylic acids is 1. The average Bonchev–Trinajstić information content (AvgIpc) is 2.47. The first kappa shape index (κ1) is 16.8. The molecular formula is C15H22N2O4. The number of carbonyl (C=O) groups is 2. The minimum atomic E-state index is -1.24. The number of ether oxygens (including phenoxy) is 1. The maximum Gasteiger partial charge on any atom is 0.329 e. The molecular weight excluding hydrogens is 272 g/mol. The lowest BCUT2D eigenvalue weighted by atomic mass is 9.93. The van der Waals surface area contributed by atoms with E-state index < -0.39 is 17.5 Å². The van der Waals surface area contributed by atoms with Crippen LogP contribution in [0.15, 0.2) is 24.3 Å². The molecule has 0 saturated heterocycles. The molecule has 6 heteroatoms. The number of hydrogen-bond donors (Lipinski definition) is 3. The number of nitrogens with one attached hydrogen (secondary N) is 2. The van der Waals surface area contributed by atoms with Gasteiger partial charge in [0.1, 0.15) is 11.3 Å². The summed E-state index contributed by atoms with van der Waals surface area (Å²) in [7, 11) is 0. The van der Waals surface area contributed by atoms with Crippen molar-refractivity contribution in [1.82, 2.24) is 5.32 Å². The fourth-order valence-electron chi connectivity index (χ4n) is 1.96. The van der Waals surface area contributed by atoms with E-state index in [9.17, 15) is 14.7 Å². The number of anilines is 1. The molecule has 0 bridgehead atoms. The Labute approximate surface area is 124 Å². The highest BCUT2D eigenvalue weighted by Gasteiger charge is 2.36. The molecule has 2 amide bonds. The lowest BCUT2D eigenvalue weighted by Gasteiger charge is -2.28. The van der Waals surface area contributed by atoms with Gasteiger partial charge in [0.2, 0.25) is 0 Å². The average molecular weight is 294 g/mol. The van der Waals surface area contributed by atoms with Gasteiger partial charge >= 0.3 is 12.0 Å². The highest BCUT2D eigenvalue weighted by Crippen LogP contribution is 2.18. The number of carboxylic acids is 1. The van der Waals surface area contributed by atoms with Crippen LogP contribution < -0.4 is 15.4 Å². The first-order chi connectivity index (χ1) is 9.97. The molecule has 0 heterocycles. The Balaban J connectivity index is 2.70. The van der Waals surface area contributed by atoms with Crippen LogP contribution in [0.1, 0.15) is 33.6 Å². The molecule has 6 nitrogen and oxygen atoms in total. The van der Waals surface area contributed by atoms with Gasteiger partial charge in [-0.2, -0.15) is 0 Å². The summed E-state index contributed by atoms with van der Waals surface area (Å²) in [6, 6.07) is 6.34.